The summed E-state index contributed by atoms with van der Waals surface area (Å²) in [5.74, 6) is 2.95. The van der Waals surface area contributed by atoms with Crippen molar-refractivity contribution in [3.05, 3.63) is 12.2 Å². The first-order valence-electron chi connectivity index (χ1n) is 14.1. The predicted molar refractivity (Wildman–Crippen MR) is 168 cm³/mol. The Labute approximate surface area is 245 Å². The number of allylic oxidation sites excluding steroid dienone is 2. The fourth-order valence-corrected chi connectivity index (χ4v) is 6.60. The number of piperidine rings is 1. The molecule has 0 aromatic heterocycles. The van der Waals surface area contributed by atoms with E-state index in [0.717, 1.165) is 31.5 Å². The molecule has 0 aromatic carbocycles. The second-order valence-corrected chi connectivity index (χ2v) is 14.0. The van der Waals surface area contributed by atoms with Crippen LogP contribution in [0.4, 0.5) is 0 Å². The molecule has 0 radical (unpaired) electrons. The summed E-state index contributed by atoms with van der Waals surface area (Å²) in [6.07, 6.45) is 11.0. The molecular weight excluding hydrogens is 518 g/mol. The van der Waals surface area contributed by atoms with Crippen LogP contribution >= 0.6 is 11.6 Å². The van der Waals surface area contributed by atoms with E-state index >= 15 is 0 Å². The van der Waals surface area contributed by atoms with Crippen LogP contribution in [0.5, 0.6) is 0 Å². The van der Waals surface area contributed by atoms with Gasteiger partial charge in [0.25, 0.3) is 0 Å². The summed E-state index contributed by atoms with van der Waals surface area (Å²) in [5, 5.41) is 4.21. The number of nitrogens with one attached hydrogen (secondary N) is 1. The van der Waals surface area contributed by atoms with E-state index in [-0.39, 0.29) is 40.3 Å². The van der Waals surface area contributed by atoms with Crippen LogP contribution in [-0.2, 0) is 4.74 Å². The molecule has 3 unspecified atom stereocenters. The van der Waals surface area contributed by atoms with E-state index in [2.05, 4.69) is 75.7 Å². The van der Waals surface area contributed by atoms with Crippen molar-refractivity contribution < 1.29 is 26.6 Å². The van der Waals surface area contributed by atoms with Gasteiger partial charge in [0.1, 0.15) is 0 Å². The average Bonchev–Trinajstić information content (AvgIpc) is 3.19. The highest BCUT2D eigenvalue weighted by molar-refractivity contribution is 6.21. The van der Waals surface area contributed by atoms with Crippen LogP contribution in [-0.4, -0.2) is 94.7 Å². The van der Waals surface area contributed by atoms with Crippen molar-refractivity contribution in [1.82, 2.24) is 15.1 Å². The molecule has 9 N–H and O–H groups in total. The Morgan fingerprint density at radius 2 is 1.62 bits per heavy atom. The topological polar surface area (TPSA) is 154 Å². The highest BCUT2D eigenvalue weighted by atomic mass is 35.5. The molecule has 8 nitrogen and oxygen atoms in total. The Morgan fingerprint density at radius 1 is 0.974 bits per heavy atom. The number of ether oxygens (including phenoxy) is 1. The molecule has 3 aliphatic rings. The molecule has 0 bridgehead atoms. The average molecular weight is 584 g/mol. The summed E-state index contributed by atoms with van der Waals surface area (Å²) in [5.41, 5.74) is 0.309. The first-order chi connectivity index (χ1) is 15.9. The third-order valence-corrected chi connectivity index (χ3v) is 8.88. The zero-order valence-electron chi connectivity index (χ0n) is 25.3. The summed E-state index contributed by atoms with van der Waals surface area (Å²) in [7, 11) is 0. The van der Waals surface area contributed by atoms with Gasteiger partial charge in [0.05, 0.1) is 17.7 Å². The third-order valence-electron chi connectivity index (χ3n) is 8.52. The van der Waals surface area contributed by atoms with Crippen LogP contribution < -0.4 is 5.32 Å². The quantitative estimate of drug-likeness (QED) is 0.309. The van der Waals surface area contributed by atoms with Gasteiger partial charge in [-0.05, 0) is 95.1 Å². The zero-order valence-corrected chi connectivity index (χ0v) is 26.0. The lowest BCUT2D eigenvalue weighted by Gasteiger charge is -2.48. The second kappa shape index (κ2) is 19.0. The lowest BCUT2D eigenvalue weighted by molar-refractivity contribution is -0.0576. The molecule has 2 aliphatic heterocycles. The van der Waals surface area contributed by atoms with Crippen LogP contribution in [0, 0.1) is 29.1 Å². The van der Waals surface area contributed by atoms with Gasteiger partial charge in [-0.25, -0.2) is 0 Å². The molecule has 2 heterocycles. The minimum Gasteiger partial charge on any atom is -0.412 e. The molecule has 238 valence electrons. The van der Waals surface area contributed by atoms with Crippen LogP contribution in [0.3, 0.4) is 0 Å². The first-order valence-corrected chi connectivity index (χ1v) is 14.5. The summed E-state index contributed by atoms with van der Waals surface area (Å²) >= 11 is 6.31. The summed E-state index contributed by atoms with van der Waals surface area (Å²) < 4.78 is 5.98. The van der Waals surface area contributed by atoms with Gasteiger partial charge in [0.15, 0.2) is 0 Å². The number of rotatable bonds is 10. The normalized spacial score (nSPS) is 27.8. The minimum absolute atomic E-state index is 0. The van der Waals surface area contributed by atoms with Crippen molar-refractivity contribution in [3.8, 4) is 0 Å². The first kappa shape index (κ1) is 43.2. The molecular formula is C30H66ClN3O5. The maximum atomic E-state index is 6.31. The van der Waals surface area contributed by atoms with E-state index in [1.54, 1.807) is 0 Å². The van der Waals surface area contributed by atoms with Crippen molar-refractivity contribution in [2.45, 2.75) is 105 Å². The van der Waals surface area contributed by atoms with E-state index in [1.807, 2.05) is 0 Å². The highest BCUT2D eigenvalue weighted by Crippen LogP contribution is 2.43. The van der Waals surface area contributed by atoms with Crippen LogP contribution in [0.25, 0.3) is 0 Å². The number of likely N-dealkylation sites (tertiary alicyclic amines) is 2. The molecule has 1 aliphatic carbocycles. The predicted octanol–water partition coefficient (Wildman–Crippen LogP) is 3.34. The fraction of sp³-hybridized carbons (Fsp3) is 0.933. The zero-order chi connectivity index (χ0) is 24.9. The maximum Gasteiger partial charge on any atom is 0.0997 e. The van der Waals surface area contributed by atoms with Gasteiger partial charge in [-0.3, -0.25) is 4.90 Å². The molecule has 39 heavy (non-hydrogen) atoms. The minimum atomic E-state index is -0.0481. The lowest BCUT2D eigenvalue weighted by Crippen LogP contribution is -2.53. The van der Waals surface area contributed by atoms with Crippen molar-refractivity contribution >= 4 is 11.6 Å². The van der Waals surface area contributed by atoms with Crippen LogP contribution in [0.2, 0.25) is 0 Å². The Hall–Kier alpha value is -0.290. The molecule has 9 heteroatoms. The van der Waals surface area contributed by atoms with E-state index in [1.165, 1.54) is 58.4 Å². The molecule has 2 saturated heterocycles. The monoisotopic (exact) mass is 583 g/mol. The van der Waals surface area contributed by atoms with E-state index < -0.39 is 0 Å². The lowest BCUT2D eigenvalue weighted by atomic mass is 9.65. The Bertz CT molecular complexity index is 659. The van der Waals surface area contributed by atoms with E-state index in [9.17, 15) is 0 Å². The van der Waals surface area contributed by atoms with Gasteiger partial charge in [0, 0.05) is 32.2 Å². The molecule has 0 aromatic rings. The molecule has 0 saturated carbocycles. The van der Waals surface area contributed by atoms with Gasteiger partial charge in [-0.15, -0.1) is 11.6 Å². The SMILES string of the molecule is C.CC(C)[C@H](CN1CCC(C2C=CC(Cl)CC2)C(C)(C)C1)NCC[C@@H]1CCN(COC(C)(C)C)C1.O.O.O.O. The molecule has 0 amide bonds. The number of halogens is 1. The Kier molecular flexibility index (Phi) is 21.0. The van der Waals surface area contributed by atoms with Gasteiger partial charge in [0.2, 0.25) is 0 Å². The molecule has 3 rings (SSSR count). The van der Waals surface area contributed by atoms with E-state index in [0.29, 0.717) is 23.3 Å². The maximum absolute atomic E-state index is 6.31. The van der Waals surface area contributed by atoms with Gasteiger partial charge >= 0.3 is 0 Å². The Morgan fingerprint density at radius 3 is 2.15 bits per heavy atom. The number of hydrogen-bond acceptors (Lipinski definition) is 4. The summed E-state index contributed by atoms with van der Waals surface area (Å²) in [6, 6.07) is 0.570. The molecule has 5 atom stereocenters. The summed E-state index contributed by atoms with van der Waals surface area (Å²) in [4.78, 5) is 5.23. The van der Waals surface area contributed by atoms with Crippen molar-refractivity contribution in [3.63, 3.8) is 0 Å². The third kappa shape index (κ3) is 14.0. The highest BCUT2D eigenvalue weighted by Gasteiger charge is 2.40. The number of alkyl halides is 1. The standard InChI is InChI=1S/C29H54ClN3O.CH4.4H2O/c1-22(2)27(31-15-12-23-13-16-33(18-23)21-34-28(3,4)5)19-32-17-14-26(29(6,7)20-32)24-8-10-25(30)11-9-24;;;;;/h8,10,22-27,31H,9,11-21H2,1-7H3;1H4;4*1H2/t23-,24?,25?,26?,27+;;;;;/m1...../s1. The van der Waals surface area contributed by atoms with E-state index in [4.69, 9.17) is 16.3 Å². The second-order valence-electron chi connectivity index (χ2n) is 13.5. The number of nitrogens with zero attached hydrogens (tertiary/aromatic N) is 2. The largest absolute Gasteiger partial charge is 0.412 e. The van der Waals surface area contributed by atoms with Crippen LogP contribution in [0.15, 0.2) is 12.2 Å². The van der Waals surface area contributed by atoms with Gasteiger partial charge < -0.3 is 36.9 Å². The smallest absolute Gasteiger partial charge is 0.0997 e. The summed E-state index contributed by atoms with van der Waals surface area (Å²) in [6.45, 7) is 24.1. The Balaban J connectivity index is -0.00000259. The fourth-order valence-electron chi connectivity index (χ4n) is 6.39. The van der Waals surface area contributed by atoms with Crippen molar-refractivity contribution in [2.24, 2.45) is 29.1 Å². The molecule has 0 spiro atoms. The van der Waals surface area contributed by atoms with Crippen molar-refractivity contribution in [1.29, 1.82) is 0 Å². The van der Waals surface area contributed by atoms with Gasteiger partial charge in [-0.2, -0.15) is 0 Å². The van der Waals surface area contributed by atoms with Crippen molar-refractivity contribution in [2.75, 3.05) is 46.0 Å². The number of hydrogen-bond donors (Lipinski definition) is 1. The van der Waals surface area contributed by atoms with Crippen LogP contribution in [0.1, 0.15) is 88.0 Å². The van der Waals surface area contributed by atoms with Gasteiger partial charge in [-0.1, -0.05) is 47.3 Å². The molecule has 2 fully saturated rings.